The van der Waals surface area contributed by atoms with E-state index in [2.05, 4.69) is 33.0 Å². The van der Waals surface area contributed by atoms with Gasteiger partial charge in [-0.2, -0.15) is 0 Å². The lowest BCUT2D eigenvalue weighted by molar-refractivity contribution is 0.171. The SMILES string of the molecule is BrC(Cc1ccncc1)c1ccc2c(c1)OCCO2. The van der Waals surface area contributed by atoms with Crippen LogP contribution in [0.25, 0.3) is 0 Å². The summed E-state index contributed by atoms with van der Waals surface area (Å²) in [6.45, 7) is 1.24. The smallest absolute Gasteiger partial charge is 0.161 e. The van der Waals surface area contributed by atoms with E-state index >= 15 is 0 Å². The predicted molar refractivity (Wildman–Crippen MR) is 77.0 cm³/mol. The number of halogens is 1. The Labute approximate surface area is 120 Å². The average molecular weight is 320 g/mol. The molecule has 2 aromatic rings. The van der Waals surface area contributed by atoms with E-state index in [9.17, 15) is 0 Å². The fourth-order valence-corrected chi connectivity index (χ4v) is 2.76. The van der Waals surface area contributed by atoms with Gasteiger partial charge >= 0.3 is 0 Å². The van der Waals surface area contributed by atoms with Gasteiger partial charge in [0.2, 0.25) is 0 Å². The Morgan fingerprint density at radius 3 is 2.58 bits per heavy atom. The molecule has 19 heavy (non-hydrogen) atoms. The largest absolute Gasteiger partial charge is 0.486 e. The summed E-state index contributed by atoms with van der Waals surface area (Å²) in [4.78, 5) is 4.29. The second kappa shape index (κ2) is 5.61. The zero-order valence-corrected chi connectivity index (χ0v) is 12.0. The summed E-state index contributed by atoms with van der Waals surface area (Å²) >= 11 is 3.73. The first-order chi connectivity index (χ1) is 9.33. The molecule has 4 heteroatoms. The lowest BCUT2D eigenvalue weighted by Gasteiger charge is -2.20. The van der Waals surface area contributed by atoms with Gasteiger partial charge in [0, 0.05) is 17.2 Å². The van der Waals surface area contributed by atoms with Gasteiger partial charge in [-0.15, -0.1) is 0 Å². The summed E-state index contributed by atoms with van der Waals surface area (Å²) in [6, 6.07) is 10.2. The van der Waals surface area contributed by atoms with Crippen LogP contribution in [-0.4, -0.2) is 18.2 Å². The molecule has 0 saturated carbocycles. The maximum atomic E-state index is 5.61. The molecule has 1 unspecified atom stereocenters. The van der Waals surface area contributed by atoms with Gasteiger partial charge in [-0.3, -0.25) is 4.98 Å². The van der Waals surface area contributed by atoms with Gasteiger partial charge in [0.05, 0.1) is 0 Å². The van der Waals surface area contributed by atoms with Crippen molar-refractivity contribution in [1.29, 1.82) is 0 Å². The van der Waals surface area contributed by atoms with E-state index in [1.54, 1.807) is 0 Å². The summed E-state index contributed by atoms with van der Waals surface area (Å²) in [5, 5.41) is 0. The minimum Gasteiger partial charge on any atom is -0.486 e. The lowest BCUT2D eigenvalue weighted by Crippen LogP contribution is -2.15. The zero-order valence-electron chi connectivity index (χ0n) is 10.4. The standard InChI is InChI=1S/C15H14BrNO2/c16-13(9-11-3-5-17-6-4-11)12-1-2-14-15(10-12)19-8-7-18-14/h1-6,10,13H,7-9H2. The minimum atomic E-state index is 0.255. The first-order valence-electron chi connectivity index (χ1n) is 6.25. The molecule has 0 aliphatic carbocycles. The summed E-state index contributed by atoms with van der Waals surface area (Å²) in [5.74, 6) is 1.67. The normalized spacial score (nSPS) is 15.0. The molecule has 0 radical (unpaired) electrons. The molecule has 3 nitrogen and oxygen atoms in total. The summed E-state index contributed by atoms with van der Waals surface area (Å²) in [6.07, 6.45) is 4.56. The highest BCUT2D eigenvalue weighted by atomic mass is 79.9. The molecule has 1 atom stereocenters. The maximum absolute atomic E-state index is 5.61. The van der Waals surface area contributed by atoms with Crippen molar-refractivity contribution in [2.75, 3.05) is 13.2 Å². The van der Waals surface area contributed by atoms with Crippen LogP contribution in [0.3, 0.4) is 0 Å². The number of benzene rings is 1. The van der Waals surface area contributed by atoms with Crippen molar-refractivity contribution in [1.82, 2.24) is 4.98 Å². The Morgan fingerprint density at radius 2 is 1.79 bits per heavy atom. The summed E-state index contributed by atoms with van der Waals surface area (Å²) in [7, 11) is 0. The molecule has 0 fully saturated rings. The Balaban J connectivity index is 1.78. The number of alkyl halides is 1. The van der Waals surface area contributed by atoms with Crippen LogP contribution < -0.4 is 9.47 Å². The van der Waals surface area contributed by atoms with Gasteiger partial charge in [-0.05, 0) is 41.8 Å². The van der Waals surface area contributed by atoms with Crippen LogP contribution in [0.15, 0.2) is 42.7 Å². The molecule has 0 amide bonds. The highest BCUT2D eigenvalue weighted by molar-refractivity contribution is 9.09. The highest BCUT2D eigenvalue weighted by Gasteiger charge is 2.15. The molecule has 1 aliphatic rings. The second-order valence-electron chi connectivity index (χ2n) is 4.43. The number of hydrogen-bond donors (Lipinski definition) is 0. The van der Waals surface area contributed by atoms with Gasteiger partial charge in [-0.25, -0.2) is 0 Å². The van der Waals surface area contributed by atoms with E-state index in [1.165, 1.54) is 11.1 Å². The fourth-order valence-electron chi connectivity index (χ4n) is 2.10. The van der Waals surface area contributed by atoms with Crippen LogP contribution in [0.4, 0.5) is 0 Å². The molecule has 98 valence electrons. The summed E-state index contributed by atoms with van der Waals surface area (Å²) < 4.78 is 11.1. The maximum Gasteiger partial charge on any atom is 0.161 e. The van der Waals surface area contributed by atoms with Crippen LogP contribution in [0.5, 0.6) is 11.5 Å². The Bertz CT molecular complexity index is 559. The number of pyridine rings is 1. The number of nitrogens with zero attached hydrogens (tertiary/aromatic N) is 1. The highest BCUT2D eigenvalue weighted by Crippen LogP contribution is 2.36. The van der Waals surface area contributed by atoms with E-state index in [4.69, 9.17) is 9.47 Å². The van der Waals surface area contributed by atoms with E-state index in [-0.39, 0.29) is 4.83 Å². The Hall–Kier alpha value is -1.55. The van der Waals surface area contributed by atoms with E-state index in [0.717, 1.165) is 17.9 Å². The predicted octanol–water partition coefficient (Wildman–Crippen LogP) is 3.53. The van der Waals surface area contributed by atoms with E-state index < -0.39 is 0 Å². The third kappa shape index (κ3) is 2.89. The van der Waals surface area contributed by atoms with E-state index in [1.807, 2.05) is 30.6 Å². The first-order valence-corrected chi connectivity index (χ1v) is 7.17. The van der Waals surface area contributed by atoms with Gasteiger partial charge < -0.3 is 9.47 Å². The van der Waals surface area contributed by atoms with Crippen molar-refractivity contribution in [2.45, 2.75) is 11.2 Å². The van der Waals surface area contributed by atoms with Crippen molar-refractivity contribution in [3.8, 4) is 11.5 Å². The Morgan fingerprint density at radius 1 is 1.05 bits per heavy atom. The van der Waals surface area contributed by atoms with Crippen molar-refractivity contribution in [3.05, 3.63) is 53.9 Å². The van der Waals surface area contributed by atoms with Crippen molar-refractivity contribution in [2.24, 2.45) is 0 Å². The number of aromatic nitrogens is 1. The molecule has 1 aromatic carbocycles. The average Bonchev–Trinajstić information content (AvgIpc) is 2.48. The zero-order chi connectivity index (χ0) is 13.1. The third-order valence-corrected chi connectivity index (χ3v) is 3.94. The van der Waals surface area contributed by atoms with Crippen LogP contribution in [0, 0.1) is 0 Å². The van der Waals surface area contributed by atoms with Gasteiger partial charge in [0.25, 0.3) is 0 Å². The third-order valence-electron chi connectivity index (χ3n) is 3.09. The molecule has 1 aromatic heterocycles. The van der Waals surface area contributed by atoms with Gasteiger partial charge in [0.1, 0.15) is 13.2 Å². The minimum absolute atomic E-state index is 0.255. The molecule has 0 saturated heterocycles. The molecule has 0 bridgehead atoms. The monoisotopic (exact) mass is 319 g/mol. The molecule has 3 rings (SSSR count). The summed E-state index contributed by atoms with van der Waals surface area (Å²) in [5.41, 5.74) is 2.45. The Kier molecular flexibility index (Phi) is 3.69. The molecule has 0 N–H and O–H groups in total. The van der Waals surface area contributed by atoms with Gasteiger partial charge in [-0.1, -0.05) is 22.0 Å². The van der Waals surface area contributed by atoms with Crippen LogP contribution >= 0.6 is 15.9 Å². The topological polar surface area (TPSA) is 31.4 Å². The number of fused-ring (bicyclic) bond motifs is 1. The number of ether oxygens (including phenoxy) is 2. The van der Waals surface area contributed by atoms with E-state index in [0.29, 0.717) is 13.2 Å². The van der Waals surface area contributed by atoms with Crippen molar-refractivity contribution < 1.29 is 9.47 Å². The van der Waals surface area contributed by atoms with Crippen LogP contribution in [-0.2, 0) is 6.42 Å². The quantitative estimate of drug-likeness (QED) is 0.811. The molecule has 0 spiro atoms. The molecular weight excluding hydrogens is 306 g/mol. The lowest BCUT2D eigenvalue weighted by atomic mass is 10.0. The van der Waals surface area contributed by atoms with Gasteiger partial charge in [0.15, 0.2) is 11.5 Å². The fraction of sp³-hybridized carbons (Fsp3) is 0.267. The molecule has 1 aliphatic heterocycles. The first kappa shape index (κ1) is 12.5. The van der Waals surface area contributed by atoms with Crippen molar-refractivity contribution >= 4 is 15.9 Å². The van der Waals surface area contributed by atoms with Crippen LogP contribution in [0.1, 0.15) is 16.0 Å². The van der Waals surface area contributed by atoms with Crippen LogP contribution in [0.2, 0.25) is 0 Å². The molecule has 2 heterocycles. The van der Waals surface area contributed by atoms with Crippen molar-refractivity contribution in [3.63, 3.8) is 0 Å². The number of hydrogen-bond acceptors (Lipinski definition) is 3. The second-order valence-corrected chi connectivity index (χ2v) is 5.54. The molecular formula is C15H14BrNO2. The number of rotatable bonds is 3.